The molecular weight excluding hydrogens is 302 g/mol. The molecule has 2 amide bonds. The number of anilines is 2. The van der Waals surface area contributed by atoms with Crippen LogP contribution in [0.3, 0.4) is 0 Å². The number of rotatable bonds is 3. The predicted molar refractivity (Wildman–Crippen MR) is 85.5 cm³/mol. The number of pyridine rings is 1. The van der Waals surface area contributed by atoms with Crippen LogP contribution in [-0.2, 0) is 0 Å². The Morgan fingerprint density at radius 2 is 2.00 bits per heavy atom. The molecule has 2 heterocycles. The van der Waals surface area contributed by atoms with Gasteiger partial charge in [0.05, 0.1) is 11.9 Å². The minimum absolute atomic E-state index is 0.362. The fourth-order valence-electron chi connectivity index (χ4n) is 1.87. The Morgan fingerprint density at radius 1 is 1.14 bits per heavy atom. The summed E-state index contributed by atoms with van der Waals surface area (Å²) in [7, 11) is 0. The van der Waals surface area contributed by atoms with Crippen molar-refractivity contribution in [3.05, 3.63) is 66.3 Å². The molecule has 0 bridgehead atoms. The third-order valence-electron chi connectivity index (χ3n) is 2.86. The van der Waals surface area contributed by atoms with Crippen molar-refractivity contribution in [3.8, 4) is 5.82 Å². The van der Waals surface area contributed by atoms with Crippen LogP contribution in [0.4, 0.5) is 16.2 Å². The minimum atomic E-state index is -0.362. The molecule has 2 N–H and O–H groups in total. The van der Waals surface area contributed by atoms with Gasteiger partial charge in [-0.2, -0.15) is 0 Å². The quantitative estimate of drug-likeness (QED) is 0.776. The highest BCUT2D eigenvalue weighted by Gasteiger charge is 2.04. The van der Waals surface area contributed by atoms with Gasteiger partial charge in [0.25, 0.3) is 0 Å². The van der Waals surface area contributed by atoms with Crippen molar-refractivity contribution < 1.29 is 4.79 Å². The summed E-state index contributed by atoms with van der Waals surface area (Å²) < 4.78 is 1.77. The van der Waals surface area contributed by atoms with Crippen molar-refractivity contribution in [2.75, 3.05) is 10.6 Å². The predicted octanol–water partition coefficient (Wildman–Crippen LogP) is 3.56. The number of hydrogen-bond donors (Lipinski definition) is 2. The lowest BCUT2D eigenvalue weighted by atomic mass is 10.3. The molecule has 0 spiro atoms. The summed E-state index contributed by atoms with van der Waals surface area (Å²) in [6.45, 7) is 0. The van der Waals surface area contributed by atoms with Gasteiger partial charge >= 0.3 is 6.03 Å². The van der Waals surface area contributed by atoms with Gasteiger partial charge in [0.15, 0.2) is 0 Å². The molecule has 3 rings (SSSR count). The first-order chi connectivity index (χ1) is 10.7. The summed E-state index contributed by atoms with van der Waals surface area (Å²) in [6.07, 6.45) is 6.70. The normalized spacial score (nSPS) is 10.2. The van der Waals surface area contributed by atoms with E-state index in [0.717, 1.165) is 5.82 Å². The van der Waals surface area contributed by atoms with E-state index in [0.29, 0.717) is 16.4 Å². The minimum Gasteiger partial charge on any atom is -0.308 e. The standard InChI is InChI=1S/C15H12ClN5O/c16-11-2-1-3-12(8-11)19-15(22)20-13-4-5-14(18-9-13)21-7-6-17-10-21/h1-10H,(H2,19,20,22). The maximum Gasteiger partial charge on any atom is 0.323 e. The Balaban J connectivity index is 1.64. The second-order valence-corrected chi connectivity index (χ2v) is 4.90. The molecule has 7 heteroatoms. The molecule has 0 atom stereocenters. The topological polar surface area (TPSA) is 71.8 Å². The largest absolute Gasteiger partial charge is 0.323 e. The van der Waals surface area contributed by atoms with Gasteiger partial charge in [-0.05, 0) is 30.3 Å². The van der Waals surface area contributed by atoms with Crippen molar-refractivity contribution in [2.45, 2.75) is 0 Å². The molecule has 0 aliphatic carbocycles. The highest BCUT2D eigenvalue weighted by Crippen LogP contribution is 2.15. The lowest BCUT2D eigenvalue weighted by Gasteiger charge is -2.08. The molecule has 0 saturated heterocycles. The summed E-state index contributed by atoms with van der Waals surface area (Å²) in [4.78, 5) is 20.1. The molecule has 1 aromatic carbocycles. The molecule has 110 valence electrons. The maximum absolute atomic E-state index is 11.9. The number of hydrogen-bond acceptors (Lipinski definition) is 3. The van der Waals surface area contributed by atoms with E-state index in [1.165, 1.54) is 0 Å². The van der Waals surface area contributed by atoms with Crippen LogP contribution in [0.2, 0.25) is 5.02 Å². The number of aromatic nitrogens is 3. The monoisotopic (exact) mass is 313 g/mol. The van der Waals surface area contributed by atoms with E-state index in [9.17, 15) is 4.79 Å². The number of imidazole rings is 1. The van der Waals surface area contributed by atoms with Gasteiger partial charge in [0.1, 0.15) is 12.1 Å². The summed E-state index contributed by atoms with van der Waals surface area (Å²) in [5, 5.41) is 5.96. The summed E-state index contributed by atoms with van der Waals surface area (Å²) in [5.74, 6) is 0.721. The third-order valence-corrected chi connectivity index (χ3v) is 3.09. The van der Waals surface area contributed by atoms with Gasteiger partial charge in [0.2, 0.25) is 0 Å². The molecule has 0 radical (unpaired) electrons. The zero-order valence-electron chi connectivity index (χ0n) is 11.4. The average Bonchev–Trinajstić information content (AvgIpc) is 3.02. The van der Waals surface area contributed by atoms with E-state index in [-0.39, 0.29) is 6.03 Å². The summed E-state index contributed by atoms with van der Waals surface area (Å²) in [5.41, 5.74) is 1.20. The fourth-order valence-corrected chi connectivity index (χ4v) is 2.06. The Hall–Kier alpha value is -2.86. The molecule has 22 heavy (non-hydrogen) atoms. The van der Waals surface area contributed by atoms with Crippen LogP contribution in [0, 0.1) is 0 Å². The Kier molecular flexibility index (Phi) is 4.02. The first-order valence-corrected chi connectivity index (χ1v) is 6.86. The van der Waals surface area contributed by atoms with E-state index in [4.69, 9.17) is 11.6 Å². The smallest absolute Gasteiger partial charge is 0.308 e. The highest BCUT2D eigenvalue weighted by atomic mass is 35.5. The maximum atomic E-state index is 11.9. The number of carbonyl (C=O) groups is 1. The fraction of sp³-hybridized carbons (Fsp3) is 0. The van der Waals surface area contributed by atoms with Gasteiger partial charge in [-0.1, -0.05) is 17.7 Å². The number of carbonyl (C=O) groups excluding carboxylic acids is 1. The number of nitrogens with zero attached hydrogens (tertiary/aromatic N) is 3. The number of halogens is 1. The van der Waals surface area contributed by atoms with Crippen molar-refractivity contribution in [3.63, 3.8) is 0 Å². The average molecular weight is 314 g/mol. The Bertz CT molecular complexity index is 771. The molecule has 2 aromatic heterocycles. The number of amides is 2. The van der Waals surface area contributed by atoms with Gasteiger partial charge in [-0.3, -0.25) is 4.57 Å². The van der Waals surface area contributed by atoms with Crippen LogP contribution in [0.15, 0.2) is 61.3 Å². The van der Waals surface area contributed by atoms with E-state index < -0.39 is 0 Å². The third kappa shape index (κ3) is 3.42. The van der Waals surface area contributed by atoms with Gasteiger partial charge < -0.3 is 10.6 Å². The van der Waals surface area contributed by atoms with E-state index in [2.05, 4.69) is 20.6 Å². The van der Waals surface area contributed by atoms with Crippen molar-refractivity contribution in [1.29, 1.82) is 0 Å². The van der Waals surface area contributed by atoms with Gasteiger partial charge in [-0.25, -0.2) is 14.8 Å². The first-order valence-electron chi connectivity index (χ1n) is 6.49. The highest BCUT2D eigenvalue weighted by molar-refractivity contribution is 6.30. The van der Waals surface area contributed by atoms with Crippen LogP contribution in [0.25, 0.3) is 5.82 Å². The van der Waals surface area contributed by atoms with Crippen molar-refractivity contribution >= 4 is 29.0 Å². The zero-order chi connectivity index (χ0) is 15.4. The molecule has 0 saturated carbocycles. The van der Waals surface area contributed by atoms with Crippen LogP contribution in [-0.4, -0.2) is 20.6 Å². The Labute approximate surface area is 131 Å². The summed E-state index contributed by atoms with van der Waals surface area (Å²) in [6, 6.07) is 10.1. The lowest BCUT2D eigenvalue weighted by molar-refractivity contribution is 0.262. The van der Waals surface area contributed by atoms with Crippen LogP contribution in [0.1, 0.15) is 0 Å². The van der Waals surface area contributed by atoms with Crippen molar-refractivity contribution in [2.24, 2.45) is 0 Å². The molecule has 6 nitrogen and oxygen atoms in total. The molecule has 0 unspecified atom stereocenters. The van der Waals surface area contributed by atoms with E-state index in [1.807, 2.05) is 0 Å². The second-order valence-electron chi connectivity index (χ2n) is 4.46. The van der Waals surface area contributed by atoms with E-state index >= 15 is 0 Å². The van der Waals surface area contributed by atoms with Gasteiger partial charge in [0, 0.05) is 23.1 Å². The second kappa shape index (κ2) is 6.28. The van der Waals surface area contributed by atoms with Crippen LogP contribution in [0.5, 0.6) is 0 Å². The number of nitrogens with one attached hydrogen (secondary N) is 2. The molecule has 0 aliphatic rings. The van der Waals surface area contributed by atoms with Gasteiger partial charge in [-0.15, -0.1) is 0 Å². The van der Waals surface area contributed by atoms with Crippen LogP contribution < -0.4 is 10.6 Å². The Morgan fingerprint density at radius 3 is 2.68 bits per heavy atom. The molecule has 0 aliphatic heterocycles. The molecule has 0 fully saturated rings. The van der Waals surface area contributed by atoms with Crippen molar-refractivity contribution in [1.82, 2.24) is 14.5 Å². The first kappa shape index (κ1) is 14.1. The number of benzene rings is 1. The SMILES string of the molecule is O=C(Nc1ccc(-n2ccnc2)nc1)Nc1cccc(Cl)c1. The zero-order valence-corrected chi connectivity index (χ0v) is 12.2. The van der Waals surface area contributed by atoms with Crippen LogP contribution >= 0.6 is 11.6 Å². The molecular formula is C15H12ClN5O. The number of urea groups is 1. The molecule has 3 aromatic rings. The lowest BCUT2D eigenvalue weighted by Crippen LogP contribution is -2.19. The van der Waals surface area contributed by atoms with E-state index in [1.54, 1.807) is 65.9 Å². The summed E-state index contributed by atoms with van der Waals surface area (Å²) >= 11 is 5.87.